The number of aliphatic carboxylic acids is 1. The lowest BCUT2D eigenvalue weighted by Crippen LogP contribution is -1.97. The summed E-state index contributed by atoms with van der Waals surface area (Å²) < 4.78 is 0. The second-order valence-electron chi connectivity index (χ2n) is 2.08. The smallest absolute Gasteiger partial charge is 0.307 e. The molecular weight excluding hydrogens is 104 g/mol. The fraction of sp³-hybridized carbons (Fsp3) is 0.500. The van der Waals surface area contributed by atoms with Crippen LogP contribution in [0.5, 0.6) is 0 Å². The van der Waals surface area contributed by atoms with Gasteiger partial charge in [-0.1, -0.05) is 6.08 Å². The monoisotopic (exact) mass is 112 g/mol. The molecule has 0 radical (unpaired) electrons. The van der Waals surface area contributed by atoms with E-state index in [1.54, 1.807) is 6.08 Å². The fourth-order valence-corrected chi connectivity index (χ4v) is 0.759. The molecule has 44 valence electrons. The summed E-state index contributed by atoms with van der Waals surface area (Å²) >= 11 is 0. The third kappa shape index (κ3) is 0.735. The lowest BCUT2D eigenvalue weighted by molar-refractivity contribution is -0.138. The summed E-state index contributed by atoms with van der Waals surface area (Å²) in [5.41, 5.74) is 0. The number of rotatable bonds is 2. The Bertz CT molecular complexity index is 128. The average Bonchev–Trinajstić information content (AvgIpc) is 2.42. The van der Waals surface area contributed by atoms with Gasteiger partial charge in [0, 0.05) is 0 Å². The van der Waals surface area contributed by atoms with Gasteiger partial charge < -0.3 is 5.11 Å². The van der Waals surface area contributed by atoms with Gasteiger partial charge in [-0.15, -0.1) is 6.58 Å². The fourth-order valence-electron chi connectivity index (χ4n) is 0.759. The summed E-state index contributed by atoms with van der Waals surface area (Å²) in [4.78, 5) is 10.1. The Morgan fingerprint density at radius 2 is 2.50 bits per heavy atom. The largest absolute Gasteiger partial charge is 0.481 e. The highest BCUT2D eigenvalue weighted by molar-refractivity contribution is 5.73. The molecule has 0 spiro atoms. The number of allylic oxidation sites excluding steroid dienone is 1. The van der Waals surface area contributed by atoms with Gasteiger partial charge in [0.2, 0.25) is 0 Å². The van der Waals surface area contributed by atoms with E-state index in [0.717, 1.165) is 6.42 Å². The average molecular weight is 112 g/mol. The molecule has 0 unspecified atom stereocenters. The zero-order chi connectivity index (χ0) is 6.15. The standard InChI is InChI=1S/C6H8O2/c1-2-4-3-5(4)6(7)8/h2,4-5H,1,3H2,(H,7,8)/t4-,5-/m0/s1. The third-order valence-corrected chi connectivity index (χ3v) is 1.46. The van der Waals surface area contributed by atoms with Gasteiger partial charge in [0.25, 0.3) is 0 Å². The Morgan fingerprint density at radius 3 is 2.62 bits per heavy atom. The van der Waals surface area contributed by atoms with Crippen LogP contribution in [0.1, 0.15) is 6.42 Å². The molecule has 1 aliphatic carbocycles. The van der Waals surface area contributed by atoms with Crippen LogP contribution in [0.2, 0.25) is 0 Å². The molecule has 1 fully saturated rings. The van der Waals surface area contributed by atoms with Gasteiger partial charge in [0.1, 0.15) is 0 Å². The quantitative estimate of drug-likeness (QED) is 0.539. The molecule has 0 bridgehead atoms. The Morgan fingerprint density at radius 1 is 1.88 bits per heavy atom. The minimum Gasteiger partial charge on any atom is -0.481 e. The normalized spacial score (nSPS) is 34.0. The molecule has 0 aromatic heterocycles. The van der Waals surface area contributed by atoms with Crippen molar-refractivity contribution in [2.45, 2.75) is 6.42 Å². The minimum atomic E-state index is -0.685. The van der Waals surface area contributed by atoms with Gasteiger partial charge >= 0.3 is 5.97 Å². The van der Waals surface area contributed by atoms with E-state index in [9.17, 15) is 4.79 Å². The second kappa shape index (κ2) is 1.62. The molecule has 0 amide bonds. The summed E-state index contributed by atoms with van der Waals surface area (Å²) in [6.07, 6.45) is 2.50. The van der Waals surface area contributed by atoms with E-state index in [1.165, 1.54) is 0 Å². The highest BCUT2D eigenvalue weighted by Gasteiger charge is 2.40. The van der Waals surface area contributed by atoms with Crippen molar-refractivity contribution in [2.24, 2.45) is 11.8 Å². The molecule has 1 aliphatic rings. The van der Waals surface area contributed by atoms with Gasteiger partial charge in [-0.05, 0) is 12.3 Å². The van der Waals surface area contributed by atoms with Crippen molar-refractivity contribution in [3.8, 4) is 0 Å². The summed E-state index contributed by atoms with van der Waals surface area (Å²) in [7, 11) is 0. The molecule has 0 saturated heterocycles. The summed E-state index contributed by atoms with van der Waals surface area (Å²) in [6, 6.07) is 0. The zero-order valence-electron chi connectivity index (χ0n) is 4.50. The Kier molecular flexibility index (Phi) is 1.08. The van der Waals surface area contributed by atoms with Crippen LogP contribution >= 0.6 is 0 Å². The molecule has 1 rings (SSSR count). The van der Waals surface area contributed by atoms with Crippen molar-refractivity contribution in [2.75, 3.05) is 0 Å². The van der Waals surface area contributed by atoms with Crippen LogP contribution in [0.25, 0.3) is 0 Å². The summed E-state index contributed by atoms with van der Waals surface area (Å²) in [5, 5.41) is 8.31. The number of carboxylic acid groups (broad SMARTS) is 1. The number of hydrogen-bond donors (Lipinski definition) is 1. The van der Waals surface area contributed by atoms with Crippen LogP contribution in [-0.2, 0) is 4.79 Å². The van der Waals surface area contributed by atoms with Crippen molar-refractivity contribution >= 4 is 5.97 Å². The van der Waals surface area contributed by atoms with Crippen LogP contribution in [0.4, 0.5) is 0 Å². The Labute approximate surface area is 47.8 Å². The van der Waals surface area contributed by atoms with E-state index in [-0.39, 0.29) is 11.8 Å². The molecule has 0 aliphatic heterocycles. The van der Waals surface area contributed by atoms with Crippen molar-refractivity contribution in [3.63, 3.8) is 0 Å². The molecule has 1 saturated carbocycles. The van der Waals surface area contributed by atoms with Gasteiger partial charge in [-0.3, -0.25) is 4.79 Å². The Hall–Kier alpha value is -0.790. The maximum absolute atomic E-state index is 10.1. The predicted octanol–water partition coefficient (Wildman–Crippen LogP) is 0.893. The lowest BCUT2D eigenvalue weighted by atomic mass is 10.3. The first kappa shape index (κ1) is 5.35. The first-order valence-electron chi connectivity index (χ1n) is 2.61. The third-order valence-electron chi connectivity index (χ3n) is 1.46. The molecule has 0 heterocycles. The Balaban J connectivity index is 2.36. The number of hydrogen-bond acceptors (Lipinski definition) is 1. The molecule has 2 atom stereocenters. The molecule has 0 aromatic carbocycles. The van der Waals surface area contributed by atoms with Crippen LogP contribution in [0.15, 0.2) is 12.7 Å². The van der Waals surface area contributed by atoms with Gasteiger partial charge in [0.05, 0.1) is 5.92 Å². The number of carboxylic acids is 1. The highest BCUT2D eigenvalue weighted by Crippen LogP contribution is 2.38. The van der Waals surface area contributed by atoms with E-state index in [2.05, 4.69) is 6.58 Å². The van der Waals surface area contributed by atoms with Gasteiger partial charge in [-0.2, -0.15) is 0 Å². The number of carbonyl (C=O) groups is 1. The van der Waals surface area contributed by atoms with Gasteiger partial charge in [-0.25, -0.2) is 0 Å². The minimum absolute atomic E-state index is 0.118. The molecule has 1 N–H and O–H groups in total. The van der Waals surface area contributed by atoms with Crippen molar-refractivity contribution < 1.29 is 9.90 Å². The maximum atomic E-state index is 10.1. The van der Waals surface area contributed by atoms with Gasteiger partial charge in [0.15, 0.2) is 0 Å². The second-order valence-corrected chi connectivity index (χ2v) is 2.08. The highest BCUT2D eigenvalue weighted by atomic mass is 16.4. The van der Waals surface area contributed by atoms with Crippen molar-refractivity contribution in [1.29, 1.82) is 0 Å². The SMILES string of the molecule is C=C[C@H]1C[C@@H]1C(=O)O. The lowest BCUT2D eigenvalue weighted by Gasteiger charge is -1.81. The van der Waals surface area contributed by atoms with E-state index < -0.39 is 5.97 Å². The van der Waals surface area contributed by atoms with E-state index in [0.29, 0.717) is 0 Å². The van der Waals surface area contributed by atoms with Crippen LogP contribution < -0.4 is 0 Å². The van der Waals surface area contributed by atoms with E-state index in [1.807, 2.05) is 0 Å². The molecular formula is C6H8O2. The van der Waals surface area contributed by atoms with Crippen molar-refractivity contribution in [3.05, 3.63) is 12.7 Å². The molecule has 2 heteroatoms. The molecule has 2 nitrogen and oxygen atoms in total. The van der Waals surface area contributed by atoms with Crippen LogP contribution in [0.3, 0.4) is 0 Å². The molecule has 8 heavy (non-hydrogen) atoms. The summed E-state index contributed by atoms with van der Waals surface area (Å²) in [5.74, 6) is -0.546. The van der Waals surface area contributed by atoms with E-state index in [4.69, 9.17) is 5.11 Å². The maximum Gasteiger partial charge on any atom is 0.307 e. The van der Waals surface area contributed by atoms with Crippen LogP contribution in [0, 0.1) is 11.8 Å². The molecule has 0 aromatic rings. The zero-order valence-corrected chi connectivity index (χ0v) is 4.50. The van der Waals surface area contributed by atoms with Crippen LogP contribution in [-0.4, -0.2) is 11.1 Å². The summed E-state index contributed by atoms with van der Waals surface area (Å²) in [6.45, 7) is 3.49. The van der Waals surface area contributed by atoms with Crippen molar-refractivity contribution in [1.82, 2.24) is 0 Å². The first-order valence-corrected chi connectivity index (χ1v) is 2.61. The van der Waals surface area contributed by atoms with E-state index >= 15 is 0 Å². The topological polar surface area (TPSA) is 37.3 Å². The first-order chi connectivity index (χ1) is 3.75. The predicted molar refractivity (Wildman–Crippen MR) is 29.4 cm³/mol.